The van der Waals surface area contributed by atoms with Crippen LogP contribution >= 0.6 is 0 Å². The normalized spacial score (nSPS) is 14.1. The molecule has 1 aromatic rings. The second-order valence-electron chi connectivity index (χ2n) is 3.49. The van der Waals surface area contributed by atoms with Gasteiger partial charge in [0.2, 0.25) is 5.60 Å². The SMILES string of the molecule is CCC(C)(Oc1ccccc1)C(=O)OC. The topological polar surface area (TPSA) is 35.5 Å². The molecule has 0 N–H and O–H groups in total. The number of para-hydroxylation sites is 1. The second kappa shape index (κ2) is 4.82. The minimum atomic E-state index is -0.907. The molecule has 0 bridgehead atoms. The fourth-order valence-electron chi connectivity index (χ4n) is 1.22. The fraction of sp³-hybridized carbons (Fsp3) is 0.417. The largest absolute Gasteiger partial charge is 0.476 e. The lowest BCUT2D eigenvalue weighted by molar-refractivity contribution is -0.157. The molecular formula is C12H16O3. The van der Waals surface area contributed by atoms with Crippen LogP contribution in [0.1, 0.15) is 20.3 Å². The standard InChI is InChI=1S/C12H16O3/c1-4-12(2,11(13)14-3)15-10-8-6-5-7-9-10/h5-9H,4H2,1-3H3. The van der Waals surface area contributed by atoms with Gasteiger partial charge in [-0.3, -0.25) is 0 Å². The van der Waals surface area contributed by atoms with Crippen LogP contribution in [-0.2, 0) is 9.53 Å². The van der Waals surface area contributed by atoms with Gasteiger partial charge in [-0.15, -0.1) is 0 Å². The lowest BCUT2D eigenvalue weighted by Crippen LogP contribution is -2.41. The minimum Gasteiger partial charge on any atom is -0.476 e. The highest BCUT2D eigenvalue weighted by Gasteiger charge is 2.34. The van der Waals surface area contributed by atoms with Crippen molar-refractivity contribution >= 4 is 5.97 Å². The summed E-state index contributed by atoms with van der Waals surface area (Å²) in [5.74, 6) is 0.320. The van der Waals surface area contributed by atoms with E-state index >= 15 is 0 Å². The van der Waals surface area contributed by atoms with Gasteiger partial charge in [-0.2, -0.15) is 0 Å². The van der Waals surface area contributed by atoms with Crippen molar-refractivity contribution in [3.05, 3.63) is 30.3 Å². The highest BCUT2D eigenvalue weighted by Crippen LogP contribution is 2.21. The summed E-state index contributed by atoms with van der Waals surface area (Å²) < 4.78 is 10.3. The predicted octanol–water partition coefficient (Wildman–Crippen LogP) is 2.41. The van der Waals surface area contributed by atoms with E-state index in [-0.39, 0.29) is 5.97 Å². The molecule has 1 unspecified atom stereocenters. The van der Waals surface area contributed by atoms with Crippen molar-refractivity contribution in [2.24, 2.45) is 0 Å². The molecule has 15 heavy (non-hydrogen) atoms. The molecule has 0 fully saturated rings. The molecule has 0 aliphatic rings. The lowest BCUT2D eigenvalue weighted by atomic mass is 10.0. The Balaban J connectivity index is 2.81. The van der Waals surface area contributed by atoms with E-state index in [2.05, 4.69) is 0 Å². The fourth-order valence-corrected chi connectivity index (χ4v) is 1.22. The minimum absolute atomic E-state index is 0.353. The predicted molar refractivity (Wildman–Crippen MR) is 57.8 cm³/mol. The Morgan fingerprint density at radius 3 is 2.40 bits per heavy atom. The van der Waals surface area contributed by atoms with E-state index < -0.39 is 5.60 Å². The van der Waals surface area contributed by atoms with Gasteiger partial charge in [-0.25, -0.2) is 4.79 Å². The average Bonchev–Trinajstić information content (AvgIpc) is 2.29. The molecule has 0 aliphatic heterocycles. The third-order valence-corrected chi connectivity index (χ3v) is 2.38. The van der Waals surface area contributed by atoms with Gasteiger partial charge in [-0.1, -0.05) is 25.1 Å². The number of esters is 1. The van der Waals surface area contributed by atoms with E-state index in [0.29, 0.717) is 12.2 Å². The molecule has 0 saturated heterocycles. The van der Waals surface area contributed by atoms with Gasteiger partial charge < -0.3 is 9.47 Å². The van der Waals surface area contributed by atoms with Crippen LogP contribution in [0.5, 0.6) is 5.75 Å². The van der Waals surface area contributed by atoms with Crippen molar-refractivity contribution in [2.45, 2.75) is 25.9 Å². The monoisotopic (exact) mass is 208 g/mol. The summed E-state index contributed by atoms with van der Waals surface area (Å²) in [6, 6.07) is 9.26. The molecule has 0 aromatic heterocycles. The number of methoxy groups -OCH3 is 1. The smallest absolute Gasteiger partial charge is 0.349 e. The Labute approximate surface area is 90.0 Å². The molecule has 1 rings (SSSR count). The van der Waals surface area contributed by atoms with Crippen molar-refractivity contribution in [3.8, 4) is 5.75 Å². The highest BCUT2D eigenvalue weighted by atomic mass is 16.6. The number of benzene rings is 1. The van der Waals surface area contributed by atoms with E-state index in [1.54, 1.807) is 6.92 Å². The Bertz CT molecular complexity index is 321. The molecule has 0 aliphatic carbocycles. The van der Waals surface area contributed by atoms with Crippen LogP contribution < -0.4 is 4.74 Å². The molecule has 3 nitrogen and oxygen atoms in total. The van der Waals surface area contributed by atoms with Crippen LogP contribution in [0.4, 0.5) is 0 Å². The van der Waals surface area contributed by atoms with Crippen LogP contribution in [0, 0.1) is 0 Å². The molecule has 0 heterocycles. The maximum atomic E-state index is 11.5. The van der Waals surface area contributed by atoms with Crippen molar-refractivity contribution in [3.63, 3.8) is 0 Å². The zero-order valence-electron chi connectivity index (χ0n) is 9.32. The summed E-state index contributed by atoms with van der Waals surface area (Å²) in [7, 11) is 1.37. The Morgan fingerprint density at radius 1 is 1.33 bits per heavy atom. The lowest BCUT2D eigenvalue weighted by Gasteiger charge is -2.26. The molecule has 0 amide bonds. The Hall–Kier alpha value is -1.51. The molecule has 1 atom stereocenters. The molecular weight excluding hydrogens is 192 g/mol. The van der Waals surface area contributed by atoms with E-state index in [1.165, 1.54) is 7.11 Å². The molecule has 82 valence electrons. The molecule has 0 saturated carbocycles. The average molecular weight is 208 g/mol. The van der Waals surface area contributed by atoms with Gasteiger partial charge in [0.15, 0.2) is 0 Å². The van der Waals surface area contributed by atoms with Gasteiger partial charge >= 0.3 is 5.97 Å². The second-order valence-corrected chi connectivity index (χ2v) is 3.49. The summed E-state index contributed by atoms with van der Waals surface area (Å²) >= 11 is 0. The number of rotatable bonds is 4. The third-order valence-electron chi connectivity index (χ3n) is 2.38. The first kappa shape index (κ1) is 11.6. The van der Waals surface area contributed by atoms with E-state index in [4.69, 9.17) is 9.47 Å². The third kappa shape index (κ3) is 2.72. The van der Waals surface area contributed by atoms with Gasteiger partial charge in [0.05, 0.1) is 7.11 Å². The summed E-state index contributed by atoms with van der Waals surface area (Å²) in [6.45, 7) is 3.62. The van der Waals surface area contributed by atoms with Crippen molar-refractivity contribution in [1.82, 2.24) is 0 Å². The van der Waals surface area contributed by atoms with Crippen LogP contribution in [0.15, 0.2) is 30.3 Å². The van der Waals surface area contributed by atoms with Crippen molar-refractivity contribution < 1.29 is 14.3 Å². The maximum Gasteiger partial charge on any atom is 0.349 e. The van der Waals surface area contributed by atoms with Crippen LogP contribution in [0.25, 0.3) is 0 Å². The molecule has 0 spiro atoms. The zero-order chi connectivity index (χ0) is 11.3. The van der Waals surface area contributed by atoms with E-state index in [9.17, 15) is 4.79 Å². The van der Waals surface area contributed by atoms with Crippen molar-refractivity contribution in [1.29, 1.82) is 0 Å². The molecule has 3 heteroatoms. The number of hydrogen-bond donors (Lipinski definition) is 0. The zero-order valence-corrected chi connectivity index (χ0v) is 9.32. The van der Waals surface area contributed by atoms with Gasteiger partial charge in [0.25, 0.3) is 0 Å². The van der Waals surface area contributed by atoms with Crippen molar-refractivity contribution in [2.75, 3.05) is 7.11 Å². The van der Waals surface area contributed by atoms with Crippen LogP contribution in [0.3, 0.4) is 0 Å². The summed E-state index contributed by atoms with van der Waals surface area (Å²) in [5, 5.41) is 0. The van der Waals surface area contributed by atoms with Gasteiger partial charge in [-0.05, 0) is 25.5 Å². The first-order chi connectivity index (χ1) is 7.12. The Morgan fingerprint density at radius 2 is 1.93 bits per heavy atom. The first-order valence-corrected chi connectivity index (χ1v) is 4.95. The number of carbonyl (C=O) groups excluding carboxylic acids is 1. The van der Waals surface area contributed by atoms with Gasteiger partial charge in [0.1, 0.15) is 5.75 Å². The summed E-state index contributed by atoms with van der Waals surface area (Å²) in [4.78, 5) is 11.5. The maximum absolute atomic E-state index is 11.5. The van der Waals surface area contributed by atoms with Gasteiger partial charge in [0, 0.05) is 0 Å². The van der Waals surface area contributed by atoms with Crippen LogP contribution in [0.2, 0.25) is 0 Å². The number of ether oxygens (including phenoxy) is 2. The molecule has 0 radical (unpaired) electrons. The summed E-state index contributed by atoms with van der Waals surface area (Å²) in [6.07, 6.45) is 0.564. The Kier molecular flexibility index (Phi) is 3.72. The van der Waals surface area contributed by atoms with E-state index in [1.807, 2.05) is 37.3 Å². The number of carbonyl (C=O) groups is 1. The van der Waals surface area contributed by atoms with E-state index in [0.717, 1.165) is 0 Å². The van der Waals surface area contributed by atoms with Crippen LogP contribution in [-0.4, -0.2) is 18.7 Å². The quantitative estimate of drug-likeness (QED) is 0.713. The highest BCUT2D eigenvalue weighted by molar-refractivity contribution is 5.79. The number of hydrogen-bond acceptors (Lipinski definition) is 3. The first-order valence-electron chi connectivity index (χ1n) is 4.95. The summed E-state index contributed by atoms with van der Waals surface area (Å²) in [5.41, 5.74) is -0.907. The molecule has 1 aromatic carbocycles.